The first-order valence-electron chi connectivity index (χ1n) is 10.2. The van der Waals surface area contributed by atoms with Gasteiger partial charge in [0.05, 0.1) is 0 Å². The first kappa shape index (κ1) is 17.3. The van der Waals surface area contributed by atoms with Crippen LogP contribution in [0.25, 0.3) is 22.3 Å². The molecule has 0 spiro atoms. The van der Waals surface area contributed by atoms with Crippen LogP contribution in [0.2, 0.25) is 0 Å². The van der Waals surface area contributed by atoms with Crippen molar-refractivity contribution in [3.05, 3.63) is 107 Å². The Hall–Kier alpha value is -2.86. The van der Waals surface area contributed by atoms with Gasteiger partial charge in [0.1, 0.15) is 0 Å². The predicted octanol–water partition coefficient (Wildman–Crippen LogP) is 7.65. The molecule has 28 heavy (non-hydrogen) atoms. The van der Waals surface area contributed by atoms with Crippen molar-refractivity contribution in [1.82, 2.24) is 0 Å². The Morgan fingerprint density at radius 2 is 1.61 bits per heavy atom. The zero-order valence-corrected chi connectivity index (χ0v) is 16.9. The highest BCUT2D eigenvalue weighted by Crippen LogP contribution is 2.50. The molecule has 5 rings (SSSR count). The van der Waals surface area contributed by atoms with Crippen LogP contribution in [0.5, 0.6) is 0 Å². The first-order valence-corrected chi connectivity index (χ1v) is 10.2. The van der Waals surface area contributed by atoms with Gasteiger partial charge < -0.3 is 0 Å². The Bertz CT molecular complexity index is 1110. The molecular weight excluding hydrogens is 336 g/mol. The fourth-order valence-electron chi connectivity index (χ4n) is 4.89. The number of benzene rings is 3. The number of hydrogen-bond donors (Lipinski definition) is 0. The van der Waals surface area contributed by atoms with Crippen LogP contribution in [0.1, 0.15) is 49.8 Å². The molecule has 0 saturated carbocycles. The largest absolute Gasteiger partial charge is 0.0834 e. The molecule has 1 atom stereocenters. The maximum absolute atomic E-state index is 2.44. The van der Waals surface area contributed by atoms with E-state index >= 15 is 0 Å². The van der Waals surface area contributed by atoms with Crippen molar-refractivity contribution >= 4 is 0 Å². The zero-order valence-electron chi connectivity index (χ0n) is 16.9. The SMILES string of the molecule is CC1=CC(c2ccc3c(c2)-c2ccc(-c4ccccc4)cc2C3(C)C)CC=C1. The lowest BCUT2D eigenvalue weighted by molar-refractivity contribution is 0.660. The quantitative estimate of drug-likeness (QED) is 0.439. The molecule has 2 aliphatic carbocycles. The van der Waals surface area contributed by atoms with Crippen molar-refractivity contribution in [2.24, 2.45) is 0 Å². The molecule has 0 heteroatoms. The Morgan fingerprint density at radius 3 is 2.39 bits per heavy atom. The van der Waals surface area contributed by atoms with Crippen LogP contribution < -0.4 is 0 Å². The van der Waals surface area contributed by atoms with Crippen LogP contribution in [0.4, 0.5) is 0 Å². The molecule has 1 unspecified atom stereocenters. The van der Waals surface area contributed by atoms with Gasteiger partial charge in [-0.25, -0.2) is 0 Å². The average molecular weight is 363 g/mol. The Morgan fingerprint density at radius 1 is 0.786 bits per heavy atom. The fraction of sp³-hybridized carbons (Fsp3) is 0.214. The number of allylic oxidation sites excluding steroid dienone is 4. The van der Waals surface area contributed by atoms with Crippen molar-refractivity contribution in [3.63, 3.8) is 0 Å². The van der Waals surface area contributed by atoms with E-state index in [0.717, 1.165) is 6.42 Å². The number of hydrogen-bond acceptors (Lipinski definition) is 0. The molecule has 0 aliphatic heterocycles. The second-order valence-electron chi connectivity index (χ2n) is 8.71. The normalized spacial score (nSPS) is 19.1. The van der Waals surface area contributed by atoms with Crippen molar-refractivity contribution in [2.75, 3.05) is 0 Å². The summed E-state index contributed by atoms with van der Waals surface area (Å²) in [4.78, 5) is 0. The maximum Gasteiger partial charge on any atom is 0.0159 e. The van der Waals surface area contributed by atoms with Gasteiger partial charge in [-0.05, 0) is 58.4 Å². The molecule has 0 bridgehead atoms. The summed E-state index contributed by atoms with van der Waals surface area (Å²) in [5.74, 6) is 0.492. The summed E-state index contributed by atoms with van der Waals surface area (Å²) in [6.45, 7) is 6.92. The van der Waals surface area contributed by atoms with E-state index in [9.17, 15) is 0 Å². The molecule has 0 fully saturated rings. The minimum Gasteiger partial charge on any atom is -0.0834 e. The average Bonchev–Trinajstić information content (AvgIpc) is 2.95. The fourth-order valence-corrected chi connectivity index (χ4v) is 4.89. The standard InChI is InChI=1S/C28H26/c1-19-8-7-11-21(16-19)22-13-15-26-25(17-22)24-14-12-23(18-27(24)28(26,2)3)20-9-5-4-6-10-20/h4-10,12-18,21H,11H2,1-3H3. The van der Waals surface area contributed by atoms with Gasteiger partial charge >= 0.3 is 0 Å². The lowest BCUT2D eigenvalue weighted by Crippen LogP contribution is -2.15. The smallest absolute Gasteiger partial charge is 0.0159 e. The number of rotatable bonds is 2. The maximum atomic E-state index is 2.44. The molecule has 0 aromatic heterocycles. The minimum atomic E-state index is 0.0339. The van der Waals surface area contributed by atoms with Gasteiger partial charge in [0, 0.05) is 11.3 Å². The van der Waals surface area contributed by atoms with Crippen molar-refractivity contribution < 1.29 is 0 Å². The summed E-state index contributed by atoms with van der Waals surface area (Å²) in [6, 6.07) is 24.9. The molecule has 0 amide bonds. The summed E-state index contributed by atoms with van der Waals surface area (Å²) in [6.07, 6.45) is 8.03. The highest BCUT2D eigenvalue weighted by molar-refractivity contribution is 5.84. The summed E-state index contributed by atoms with van der Waals surface area (Å²) in [5, 5.41) is 0. The lowest BCUT2D eigenvalue weighted by atomic mass is 9.81. The lowest BCUT2D eigenvalue weighted by Gasteiger charge is -2.23. The van der Waals surface area contributed by atoms with Crippen LogP contribution in [0.15, 0.2) is 90.5 Å². The molecule has 0 saturated heterocycles. The third kappa shape index (κ3) is 2.67. The molecule has 0 radical (unpaired) electrons. The Balaban J connectivity index is 1.62. The summed E-state index contributed by atoms with van der Waals surface area (Å²) >= 11 is 0. The van der Waals surface area contributed by atoms with E-state index in [1.807, 2.05) is 0 Å². The molecule has 3 aromatic rings. The second-order valence-corrected chi connectivity index (χ2v) is 8.71. The third-order valence-corrected chi connectivity index (χ3v) is 6.47. The van der Waals surface area contributed by atoms with Gasteiger partial charge in [0.15, 0.2) is 0 Å². The van der Waals surface area contributed by atoms with Crippen LogP contribution >= 0.6 is 0 Å². The third-order valence-electron chi connectivity index (χ3n) is 6.47. The van der Waals surface area contributed by atoms with Gasteiger partial charge in [-0.2, -0.15) is 0 Å². The predicted molar refractivity (Wildman–Crippen MR) is 120 cm³/mol. The molecule has 0 nitrogen and oxygen atoms in total. The molecule has 138 valence electrons. The van der Waals surface area contributed by atoms with Crippen LogP contribution in [-0.2, 0) is 5.41 Å². The monoisotopic (exact) mass is 362 g/mol. The van der Waals surface area contributed by atoms with Gasteiger partial charge in [0.2, 0.25) is 0 Å². The molecule has 0 heterocycles. The number of fused-ring (bicyclic) bond motifs is 3. The van der Waals surface area contributed by atoms with Crippen LogP contribution in [-0.4, -0.2) is 0 Å². The van der Waals surface area contributed by atoms with E-state index in [4.69, 9.17) is 0 Å². The van der Waals surface area contributed by atoms with E-state index in [2.05, 4.69) is 106 Å². The Labute approximate surface area is 168 Å². The van der Waals surface area contributed by atoms with E-state index in [1.54, 1.807) is 0 Å². The molecular formula is C28H26. The molecule has 0 N–H and O–H groups in total. The van der Waals surface area contributed by atoms with Crippen molar-refractivity contribution in [3.8, 4) is 22.3 Å². The highest BCUT2D eigenvalue weighted by atomic mass is 14.4. The highest BCUT2D eigenvalue weighted by Gasteiger charge is 2.35. The molecule has 3 aromatic carbocycles. The topological polar surface area (TPSA) is 0 Å². The summed E-state index contributed by atoms with van der Waals surface area (Å²) in [5.41, 5.74) is 11.1. The van der Waals surface area contributed by atoms with E-state index in [0.29, 0.717) is 5.92 Å². The molecule has 2 aliphatic rings. The summed E-state index contributed by atoms with van der Waals surface area (Å²) in [7, 11) is 0. The van der Waals surface area contributed by atoms with Gasteiger partial charge in [0.25, 0.3) is 0 Å². The van der Waals surface area contributed by atoms with Gasteiger partial charge in [-0.3, -0.25) is 0 Å². The van der Waals surface area contributed by atoms with E-state index < -0.39 is 0 Å². The van der Waals surface area contributed by atoms with Crippen LogP contribution in [0.3, 0.4) is 0 Å². The van der Waals surface area contributed by atoms with Gasteiger partial charge in [-0.1, -0.05) is 98.3 Å². The zero-order chi connectivity index (χ0) is 19.3. The van der Waals surface area contributed by atoms with Gasteiger partial charge in [-0.15, -0.1) is 0 Å². The minimum absolute atomic E-state index is 0.0339. The first-order chi connectivity index (χ1) is 13.5. The van der Waals surface area contributed by atoms with Crippen molar-refractivity contribution in [2.45, 2.75) is 38.5 Å². The Kier molecular flexibility index (Phi) is 3.91. The van der Waals surface area contributed by atoms with E-state index in [-0.39, 0.29) is 5.41 Å². The summed E-state index contributed by atoms with van der Waals surface area (Å²) < 4.78 is 0. The second kappa shape index (κ2) is 6.34. The van der Waals surface area contributed by atoms with Crippen LogP contribution in [0, 0.1) is 0 Å². The van der Waals surface area contributed by atoms with Crippen molar-refractivity contribution in [1.29, 1.82) is 0 Å². The van der Waals surface area contributed by atoms with E-state index in [1.165, 1.54) is 44.5 Å².